The molecule has 0 saturated carbocycles. The number of allylic oxidation sites excluding steroid dienone is 1. The number of carbonyl (C=O) groups excluding carboxylic acids is 1. The monoisotopic (exact) mass is 407 g/mol. The normalized spacial score (nSPS) is 24.7. The average molecular weight is 408 g/mol. The minimum absolute atomic E-state index is 0.0656. The number of carbonyl (C=O) groups is 1. The summed E-state index contributed by atoms with van der Waals surface area (Å²) >= 11 is 11.9. The number of benzene rings is 2. The minimum atomic E-state index is -2.11. The Balaban J connectivity index is 2.24. The van der Waals surface area contributed by atoms with Crippen molar-refractivity contribution in [2.75, 3.05) is 6.61 Å². The van der Waals surface area contributed by atoms with Gasteiger partial charge in [0.05, 0.1) is 12.2 Å². The maximum atomic E-state index is 12.6. The van der Waals surface area contributed by atoms with Crippen LogP contribution in [-0.4, -0.2) is 22.8 Å². The van der Waals surface area contributed by atoms with Gasteiger partial charge in [0.2, 0.25) is 5.72 Å². The largest absolute Gasteiger partial charge is 0.462 e. The Morgan fingerprint density at radius 2 is 1.48 bits per heavy atom. The lowest BCUT2D eigenvalue weighted by Gasteiger charge is -2.40. The molecule has 2 atom stereocenters. The second-order valence-electron chi connectivity index (χ2n) is 6.28. The van der Waals surface area contributed by atoms with Crippen LogP contribution in [0.25, 0.3) is 0 Å². The molecule has 2 aromatic carbocycles. The molecule has 0 unspecified atom stereocenters. The van der Waals surface area contributed by atoms with Crippen LogP contribution in [-0.2, 0) is 20.9 Å². The summed E-state index contributed by atoms with van der Waals surface area (Å²) in [5, 5.41) is 27.1. The topological polar surface area (TPSA) is 78.8 Å². The van der Waals surface area contributed by atoms with Crippen LogP contribution in [0, 0.1) is 0 Å². The Bertz CT molecular complexity index is 895. The van der Waals surface area contributed by atoms with Gasteiger partial charge in [-0.05, 0) is 43.7 Å². The molecule has 2 aromatic rings. The summed E-state index contributed by atoms with van der Waals surface area (Å²) in [5.41, 5.74) is -3.26. The molecule has 7 heteroatoms. The standard InChI is InChI=1S/C20H19Cl2NO4/c1-3-27-18(24)17-12(2)23-20(26,14-6-10-16(22)11-7-14)19(17,25)13-4-8-15(21)9-5-13/h4-11,23,25-26H,3H2,1-2H3/t19-,20-/m0/s1. The van der Waals surface area contributed by atoms with E-state index in [0.717, 1.165) is 0 Å². The lowest BCUT2D eigenvalue weighted by atomic mass is 9.76. The van der Waals surface area contributed by atoms with Gasteiger partial charge in [-0.1, -0.05) is 47.5 Å². The molecule has 142 valence electrons. The summed E-state index contributed by atoms with van der Waals surface area (Å²) in [6.07, 6.45) is 0. The van der Waals surface area contributed by atoms with Crippen molar-refractivity contribution in [2.45, 2.75) is 25.2 Å². The lowest BCUT2D eigenvalue weighted by molar-refractivity contribution is -0.160. The quantitative estimate of drug-likeness (QED) is 0.676. The maximum Gasteiger partial charge on any atom is 0.339 e. The van der Waals surface area contributed by atoms with Gasteiger partial charge in [0.1, 0.15) is 0 Å². The van der Waals surface area contributed by atoms with E-state index in [4.69, 9.17) is 27.9 Å². The zero-order chi connectivity index (χ0) is 19.8. The second kappa shape index (κ2) is 7.17. The molecular weight excluding hydrogens is 389 g/mol. The molecule has 0 fully saturated rings. The molecule has 3 N–H and O–H groups in total. The van der Waals surface area contributed by atoms with E-state index in [2.05, 4.69) is 5.32 Å². The number of hydrogen-bond donors (Lipinski definition) is 3. The van der Waals surface area contributed by atoms with Crippen LogP contribution in [0.15, 0.2) is 59.8 Å². The Morgan fingerprint density at radius 3 is 1.96 bits per heavy atom. The molecule has 0 amide bonds. The number of hydrogen-bond acceptors (Lipinski definition) is 5. The van der Waals surface area contributed by atoms with Gasteiger partial charge in [-0.15, -0.1) is 0 Å². The molecule has 1 aliphatic rings. The van der Waals surface area contributed by atoms with E-state index in [-0.39, 0.29) is 17.7 Å². The van der Waals surface area contributed by atoms with Gasteiger partial charge >= 0.3 is 5.97 Å². The fraction of sp³-hybridized carbons (Fsp3) is 0.250. The molecule has 0 aromatic heterocycles. The summed E-state index contributed by atoms with van der Waals surface area (Å²) in [6, 6.07) is 12.6. The molecule has 1 aliphatic heterocycles. The van der Waals surface area contributed by atoms with Crippen molar-refractivity contribution in [1.29, 1.82) is 0 Å². The highest BCUT2D eigenvalue weighted by molar-refractivity contribution is 6.30. The Hall–Kier alpha value is -2.05. The third-order valence-electron chi connectivity index (χ3n) is 4.63. The molecule has 3 rings (SSSR count). The number of rotatable bonds is 4. The summed E-state index contributed by atoms with van der Waals surface area (Å²) in [7, 11) is 0. The molecule has 0 radical (unpaired) electrons. The number of ether oxygens (including phenoxy) is 1. The van der Waals surface area contributed by atoms with Gasteiger partial charge in [-0.2, -0.15) is 0 Å². The first-order valence-corrected chi connectivity index (χ1v) is 9.13. The molecule has 5 nitrogen and oxygen atoms in total. The zero-order valence-electron chi connectivity index (χ0n) is 14.8. The number of aliphatic hydroxyl groups is 2. The van der Waals surface area contributed by atoms with E-state index in [1.807, 2.05) is 0 Å². The average Bonchev–Trinajstić information content (AvgIpc) is 2.83. The van der Waals surface area contributed by atoms with Gasteiger partial charge in [0, 0.05) is 21.3 Å². The SMILES string of the molecule is CCOC(=O)C1=C(C)N[C@](O)(c2ccc(Cl)cc2)[C@]1(O)c1ccc(Cl)cc1. The smallest absolute Gasteiger partial charge is 0.339 e. The van der Waals surface area contributed by atoms with E-state index < -0.39 is 17.3 Å². The first kappa shape index (κ1) is 19.7. The van der Waals surface area contributed by atoms with Crippen LogP contribution in [0.4, 0.5) is 0 Å². The molecule has 1 heterocycles. The lowest BCUT2D eigenvalue weighted by Crippen LogP contribution is -2.54. The Morgan fingerprint density at radius 1 is 1.00 bits per heavy atom. The Labute approximate surface area is 167 Å². The van der Waals surface area contributed by atoms with E-state index in [1.165, 1.54) is 0 Å². The highest BCUT2D eigenvalue weighted by atomic mass is 35.5. The first-order valence-electron chi connectivity index (χ1n) is 8.37. The van der Waals surface area contributed by atoms with Gasteiger partial charge in [0.15, 0.2) is 5.60 Å². The molecule has 0 bridgehead atoms. The highest BCUT2D eigenvalue weighted by Crippen LogP contribution is 2.50. The number of esters is 1. The summed E-state index contributed by atoms with van der Waals surface area (Å²) in [6.45, 7) is 3.40. The van der Waals surface area contributed by atoms with Gasteiger partial charge in [-0.3, -0.25) is 0 Å². The summed E-state index contributed by atoms with van der Waals surface area (Å²) in [5.74, 6) is -0.718. The highest BCUT2D eigenvalue weighted by Gasteiger charge is 2.61. The van der Waals surface area contributed by atoms with E-state index >= 15 is 0 Å². The van der Waals surface area contributed by atoms with Crippen molar-refractivity contribution < 1.29 is 19.7 Å². The van der Waals surface area contributed by atoms with Crippen molar-refractivity contribution in [3.63, 3.8) is 0 Å². The number of nitrogens with one attached hydrogen (secondary N) is 1. The third kappa shape index (κ3) is 3.11. The predicted molar refractivity (Wildman–Crippen MR) is 103 cm³/mol. The van der Waals surface area contributed by atoms with Crippen molar-refractivity contribution in [1.82, 2.24) is 5.32 Å². The maximum absolute atomic E-state index is 12.6. The zero-order valence-corrected chi connectivity index (χ0v) is 16.3. The van der Waals surface area contributed by atoms with E-state index in [1.54, 1.807) is 62.4 Å². The fourth-order valence-corrected chi connectivity index (χ4v) is 3.65. The van der Waals surface area contributed by atoms with Gasteiger partial charge in [0.25, 0.3) is 0 Å². The first-order chi connectivity index (χ1) is 12.7. The van der Waals surface area contributed by atoms with Crippen molar-refractivity contribution in [2.24, 2.45) is 0 Å². The van der Waals surface area contributed by atoms with Crippen LogP contribution in [0.1, 0.15) is 25.0 Å². The van der Waals surface area contributed by atoms with Gasteiger partial charge in [-0.25, -0.2) is 4.79 Å². The van der Waals surface area contributed by atoms with Crippen LogP contribution in [0.5, 0.6) is 0 Å². The van der Waals surface area contributed by atoms with Crippen molar-refractivity contribution in [3.8, 4) is 0 Å². The van der Waals surface area contributed by atoms with Crippen LogP contribution in [0.2, 0.25) is 10.0 Å². The van der Waals surface area contributed by atoms with E-state index in [9.17, 15) is 15.0 Å². The second-order valence-corrected chi connectivity index (χ2v) is 7.15. The van der Waals surface area contributed by atoms with Crippen LogP contribution < -0.4 is 5.32 Å². The Kier molecular flexibility index (Phi) is 5.23. The summed E-state index contributed by atoms with van der Waals surface area (Å²) in [4.78, 5) is 12.6. The van der Waals surface area contributed by atoms with Crippen LogP contribution in [0.3, 0.4) is 0 Å². The van der Waals surface area contributed by atoms with Crippen LogP contribution >= 0.6 is 23.2 Å². The molecule has 0 saturated heterocycles. The summed E-state index contributed by atoms with van der Waals surface area (Å²) < 4.78 is 5.13. The minimum Gasteiger partial charge on any atom is -0.462 e. The van der Waals surface area contributed by atoms with Gasteiger partial charge < -0.3 is 20.3 Å². The van der Waals surface area contributed by atoms with E-state index in [0.29, 0.717) is 21.3 Å². The van der Waals surface area contributed by atoms with Crippen molar-refractivity contribution in [3.05, 3.63) is 81.0 Å². The molecule has 27 heavy (non-hydrogen) atoms. The molecule has 0 spiro atoms. The fourth-order valence-electron chi connectivity index (χ4n) is 3.40. The van der Waals surface area contributed by atoms with Crippen molar-refractivity contribution >= 4 is 29.2 Å². The molecule has 0 aliphatic carbocycles. The number of halogens is 2. The predicted octanol–water partition coefficient (Wildman–Crippen LogP) is 3.47. The third-order valence-corrected chi connectivity index (χ3v) is 5.14. The molecular formula is C20H19Cl2NO4.